The first-order valence-corrected chi connectivity index (χ1v) is 7.93. The van der Waals surface area contributed by atoms with Crippen molar-refractivity contribution >= 4 is 17.4 Å². The van der Waals surface area contributed by atoms with Gasteiger partial charge in [-0.15, -0.1) is 0 Å². The van der Waals surface area contributed by atoms with Gasteiger partial charge >= 0.3 is 0 Å². The van der Waals surface area contributed by atoms with Crippen LogP contribution in [-0.4, -0.2) is 36.3 Å². The summed E-state index contributed by atoms with van der Waals surface area (Å²) >= 11 is 0. The van der Waals surface area contributed by atoms with Crippen molar-refractivity contribution in [3.8, 4) is 0 Å². The Morgan fingerprint density at radius 1 is 1.22 bits per heavy atom. The van der Waals surface area contributed by atoms with Crippen LogP contribution in [0.1, 0.15) is 32.3 Å². The van der Waals surface area contributed by atoms with E-state index in [4.69, 9.17) is 0 Å². The Balaban J connectivity index is 1.88. The molecule has 0 radical (unpaired) electrons. The average molecular weight is 318 g/mol. The number of rotatable bonds is 4. The fraction of sp³-hybridized carbons (Fsp3) is 0.444. The third-order valence-electron chi connectivity index (χ3n) is 4.21. The SMILES string of the molecule is CC(=O)NCC1CCN(C(=O)C=C(C)c2ccc(F)cc2)CC1. The molecule has 0 aliphatic carbocycles. The minimum absolute atomic E-state index is 0.00944. The molecule has 1 saturated heterocycles. The number of halogens is 1. The number of benzene rings is 1. The Hall–Kier alpha value is -2.17. The number of hydrogen-bond donors (Lipinski definition) is 1. The molecule has 1 aromatic rings. The molecule has 0 bridgehead atoms. The molecule has 0 aromatic heterocycles. The second-order valence-corrected chi connectivity index (χ2v) is 6.04. The Labute approximate surface area is 136 Å². The van der Waals surface area contributed by atoms with Gasteiger partial charge in [0.2, 0.25) is 11.8 Å². The molecule has 2 rings (SSSR count). The molecule has 5 heteroatoms. The molecule has 1 fully saturated rings. The first kappa shape index (κ1) is 17.2. The maximum Gasteiger partial charge on any atom is 0.246 e. The molecule has 1 aliphatic rings. The van der Waals surface area contributed by atoms with E-state index in [0.717, 1.165) is 24.0 Å². The van der Waals surface area contributed by atoms with Crippen LogP contribution in [0.5, 0.6) is 0 Å². The molecule has 0 atom stereocenters. The lowest BCUT2D eigenvalue weighted by Crippen LogP contribution is -2.40. The van der Waals surface area contributed by atoms with E-state index in [1.165, 1.54) is 19.1 Å². The van der Waals surface area contributed by atoms with Crippen LogP contribution in [0.15, 0.2) is 30.3 Å². The van der Waals surface area contributed by atoms with Gasteiger partial charge in [-0.2, -0.15) is 0 Å². The summed E-state index contributed by atoms with van der Waals surface area (Å²) in [6, 6.07) is 6.14. The molecule has 0 saturated carbocycles. The third-order valence-corrected chi connectivity index (χ3v) is 4.21. The zero-order valence-electron chi connectivity index (χ0n) is 13.6. The maximum absolute atomic E-state index is 12.9. The summed E-state index contributed by atoms with van der Waals surface area (Å²) in [6.07, 6.45) is 3.41. The molecule has 0 spiro atoms. The van der Waals surface area contributed by atoms with E-state index in [0.29, 0.717) is 25.6 Å². The normalized spacial score (nSPS) is 16.3. The van der Waals surface area contributed by atoms with Crippen LogP contribution in [0.3, 0.4) is 0 Å². The van der Waals surface area contributed by atoms with Gasteiger partial charge in [-0.1, -0.05) is 12.1 Å². The molecule has 23 heavy (non-hydrogen) atoms. The van der Waals surface area contributed by atoms with E-state index in [1.54, 1.807) is 18.2 Å². The molecular weight excluding hydrogens is 295 g/mol. The van der Waals surface area contributed by atoms with E-state index < -0.39 is 0 Å². The summed E-state index contributed by atoms with van der Waals surface area (Å²) in [6.45, 7) is 5.46. The maximum atomic E-state index is 12.9. The van der Waals surface area contributed by atoms with Crippen molar-refractivity contribution in [2.45, 2.75) is 26.7 Å². The van der Waals surface area contributed by atoms with Crippen LogP contribution >= 0.6 is 0 Å². The number of amides is 2. The monoisotopic (exact) mass is 318 g/mol. The van der Waals surface area contributed by atoms with Crippen molar-refractivity contribution in [3.63, 3.8) is 0 Å². The number of nitrogens with one attached hydrogen (secondary N) is 1. The highest BCUT2D eigenvalue weighted by Gasteiger charge is 2.21. The number of carbonyl (C=O) groups is 2. The molecule has 1 aromatic carbocycles. The van der Waals surface area contributed by atoms with Crippen LogP contribution in [-0.2, 0) is 9.59 Å². The third kappa shape index (κ3) is 5.20. The quantitative estimate of drug-likeness (QED) is 0.868. The van der Waals surface area contributed by atoms with Gasteiger partial charge in [0, 0.05) is 32.6 Å². The standard InChI is InChI=1S/C18H23FN2O2/c1-13(16-3-5-17(19)6-4-16)11-18(23)21-9-7-15(8-10-21)12-20-14(2)22/h3-6,11,15H,7-10,12H2,1-2H3,(H,20,22). The summed E-state index contributed by atoms with van der Waals surface area (Å²) in [5.41, 5.74) is 1.68. The Bertz CT molecular complexity index is 588. The van der Waals surface area contributed by atoms with Gasteiger partial charge in [0.05, 0.1) is 0 Å². The Kier molecular flexibility index (Phi) is 5.90. The number of carbonyl (C=O) groups excluding carboxylic acids is 2. The van der Waals surface area contributed by atoms with Gasteiger partial charge in [0.1, 0.15) is 5.82 Å². The lowest BCUT2D eigenvalue weighted by atomic mass is 9.96. The summed E-state index contributed by atoms with van der Waals surface area (Å²) in [5, 5.41) is 2.83. The highest BCUT2D eigenvalue weighted by atomic mass is 19.1. The molecule has 0 unspecified atom stereocenters. The first-order chi connectivity index (χ1) is 11.0. The predicted molar refractivity (Wildman–Crippen MR) is 88.0 cm³/mol. The number of hydrogen-bond acceptors (Lipinski definition) is 2. The molecule has 124 valence electrons. The van der Waals surface area contributed by atoms with Crippen LogP contribution in [0.2, 0.25) is 0 Å². The van der Waals surface area contributed by atoms with Gasteiger partial charge < -0.3 is 10.2 Å². The lowest BCUT2D eigenvalue weighted by molar-refractivity contribution is -0.127. The fourth-order valence-electron chi connectivity index (χ4n) is 2.72. The van der Waals surface area contributed by atoms with Crippen molar-refractivity contribution in [1.82, 2.24) is 10.2 Å². The van der Waals surface area contributed by atoms with Crippen molar-refractivity contribution in [2.24, 2.45) is 5.92 Å². The highest BCUT2D eigenvalue weighted by Crippen LogP contribution is 2.19. The summed E-state index contributed by atoms with van der Waals surface area (Å²) in [5.74, 6) is 0.130. The Morgan fingerprint density at radius 3 is 2.39 bits per heavy atom. The second-order valence-electron chi connectivity index (χ2n) is 6.04. The Morgan fingerprint density at radius 2 is 1.83 bits per heavy atom. The molecular formula is C18H23FN2O2. The predicted octanol–water partition coefficient (Wildman–Crippen LogP) is 2.60. The van der Waals surface area contributed by atoms with E-state index in [2.05, 4.69) is 5.32 Å². The van der Waals surface area contributed by atoms with Crippen LogP contribution < -0.4 is 5.32 Å². The van der Waals surface area contributed by atoms with E-state index in [-0.39, 0.29) is 17.6 Å². The topological polar surface area (TPSA) is 49.4 Å². The van der Waals surface area contributed by atoms with Crippen molar-refractivity contribution in [2.75, 3.05) is 19.6 Å². The summed E-state index contributed by atoms with van der Waals surface area (Å²) < 4.78 is 12.9. The largest absolute Gasteiger partial charge is 0.356 e. The molecule has 2 amide bonds. The van der Waals surface area contributed by atoms with Gasteiger partial charge in [-0.05, 0) is 49.0 Å². The zero-order valence-corrected chi connectivity index (χ0v) is 13.6. The van der Waals surface area contributed by atoms with Gasteiger partial charge in [0.15, 0.2) is 0 Å². The molecule has 4 nitrogen and oxygen atoms in total. The first-order valence-electron chi connectivity index (χ1n) is 7.93. The molecule has 1 aliphatic heterocycles. The van der Waals surface area contributed by atoms with E-state index in [1.807, 2.05) is 11.8 Å². The number of likely N-dealkylation sites (tertiary alicyclic amines) is 1. The number of piperidine rings is 1. The molecule has 1 N–H and O–H groups in total. The van der Waals surface area contributed by atoms with Crippen molar-refractivity contribution in [1.29, 1.82) is 0 Å². The van der Waals surface area contributed by atoms with Crippen LogP contribution in [0, 0.1) is 11.7 Å². The number of nitrogens with zero attached hydrogens (tertiary/aromatic N) is 1. The molecule has 1 heterocycles. The average Bonchev–Trinajstić information content (AvgIpc) is 2.54. The minimum Gasteiger partial charge on any atom is -0.356 e. The summed E-state index contributed by atoms with van der Waals surface area (Å²) in [7, 11) is 0. The zero-order chi connectivity index (χ0) is 16.8. The number of allylic oxidation sites excluding steroid dienone is 1. The second kappa shape index (κ2) is 7.90. The lowest BCUT2D eigenvalue weighted by Gasteiger charge is -2.31. The summed E-state index contributed by atoms with van der Waals surface area (Å²) in [4.78, 5) is 25.1. The van der Waals surface area contributed by atoms with Gasteiger partial charge in [0.25, 0.3) is 0 Å². The van der Waals surface area contributed by atoms with E-state index in [9.17, 15) is 14.0 Å². The van der Waals surface area contributed by atoms with Crippen LogP contribution in [0.4, 0.5) is 4.39 Å². The fourth-order valence-corrected chi connectivity index (χ4v) is 2.72. The van der Waals surface area contributed by atoms with Gasteiger partial charge in [-0.3, -0.25) is 9.59 Å². The van der Waals surface area contributed by atoms with Crippen molar-refractivity contribution in [3.05, 3.63) is 41.7 Å². The van der Waals surface area contributed by atoms with Crippen LogP contribution in [0.25, 0.3) is 5.57 Å². The van der Waals surface area contributed by atoms with Crippen molar-refractivity contribution < 1.29 is 14.0 Å². The van der Waals surface area contributed by atoms with Gasteiger partial charge in [-0.25, -0.2) is 4.39 Å². The smallest absolute Gasteiger partial charge is 0.246 e. The van der Waals surface area contributed by atoms with E-state index >= 15 is 0 Å². The highest BCUT2D eigenvalue weighted by molar-refractivity contribution is 5.94. The minimum atomic E-state index is -0.283.